The van der Waals surface area contributed by atoms with E-state index in [-0.39, 0.29) is 12.5 Å². The van der Waals surface area contributed by atoms with Crippen molar-refractivity contribution in [2.45, 2.75) is 198 Å². The van der Waals surface area contributed by atoms with Crippen molar-refractivity contribution in [1.82, 2.24) is 5.32 Å². The third-order valence-electron chi connectivity index (χ3n) is 8.71. The molecule has 0 bridgehead atoms. The minimum absolute atomic E-state index is 0.134. The van der Waals surface area contributed by atoms with Gasteiger partial charge in [-0.25, -0.2) is 0 Å². The first-order valence-corrected chi connectivity index (χ1v) is 17.7. The third kappa shape index (κ3) is 18.7. The van der Waals surface area contributed by atoms with Crippen molar-refractivity contribution in [3.8, 4) is 0 Å². The second kappa shape index (κ2) is 26.4. The monoisotopic (exact) mass is 617 g/mol. The van der Waals surface area contributed by atoms with Gasteiger partial charge in [0, 0.05) is 6.42 Å². The van der Waals surface area contributed by atoms with E-state index in [1.165, 1.54) is 89.9 Å². The largest absolute Gasteiger partial charge is 0.394 e. The molecule has 0 aromatic rings. The summed E-state index contributed by atoms with van der Waals surface area (Å²) < 4.78 is 11.1. The molecule has 9 nitrogen and oxygen atoms in total. The van der Waals surface area contributed by atoms with Crippen LogP contribution in [0.2, 0.25) is 0 Å². The number of aliphatic hydroxyl groups is 5. The van der Waals surface area contributed by atoms with Crippen molar-refractivity contribution in [3.05, 3.63) is 0 Å². The predicted octanol–water partition coefficient (Wildman–Crippen LogP) is 5.27. The lowest BCUT2D eigenvalue weighted by molar-refractivity contribution is -0.302. The number of rotatable bonds is 28. The zero-order chi connectivity index (χ0) is 31.7. The Labute approximate surface area is 262 Å². The van der Waals surface area contributed by atoms with Crippen molar-refractivity contribution >= 4 is 5.91 Å². The van der Waals surface area contributed by atoms with Gasteiger partial charge in [-0.2, -0.15) is 0 Å². The molecule has 43 heavy (non-hydrogen) atoms. The Morgan fingerprint density at radius 1 is 0.698 bits per heavy atom. The average Bonchev–Trinajstić information content (AvgIpc) is 3.00. The van der Waals surface area contributed by atoms with Gasteiger partial charge in [-0.15, -0.1) is 0 Å². The molecule has 1 rings (SSSR count). The molecule has 0 radical (unpaired) electrons. The van der Waals surface area contributed by atoms with Crippen LogP contribution >= 0.6 is 0 Å². The maximum atomic E-state index is 12.8. The first-order chi connectivity index (χ1) is 20.8. The summed E-state index contributed by atoms with van der Waals surface area (Å²) in [4.78, 5) is 12.8. The van der Waals surface area contributed by atoms with Crippen LogP contribution < -0.4 is 5.32 Å². The van der Waals surface area contributed by atoms with Gasteiger partial charge in [-0.3, -0.25) is 4.79 Å². The van der Waals surface area contributed by atoms with Crippen molar-refractivity contribution < 1.29 is 39.8 Å². The van der Waals surface area contributed by atoms with E-state index in [9.17, 15) is 30.3 Å². The first kappa shape index (κ1) is 40.2. The Bertz CT molecular complexity index is 652. The number of hydrogen-bond acceptors (Lipinski definition) is 8. The first-order valence-electron chi connectivity index (χ1n) is 17.7. The van der Waals surface area contributed by atoms with Crippen molar-refractivity contribution in [2.24, 2.45) is 0 Å². The average molecular weight is 618 g/mol. The summed E-state index contributed by atoms with van der Waals surface area (Å²) in [6, 6.07) is -0.707. The highest BCUT2D eigenvalue weighted by Crippen LogP contribution is 2.23. The fourth-order valence-electron chi connectivity index (χ4n) is 5.75. The van der Waals surface area contributed by atoms with Crippen LogP contribution in [0.1, 0.15) is 155 Å². The molecule has 1 amide bonds. The predicted molar refractivity (Wildman–Crippen MR) is 171 cm³/mol. The van der Waals surface area contributed by atoms with Crippen molar-refractivity contribution in [3.63, 3.8) is 0 Å². The molecular weight excluding hydrogens is 550 g/mol. The summed E-state index contributed by atoms with van der Waals surface area (Å²) in [5.74, 6) is -0.149. The SMILES string of the molecule is CCCCCCCCCCCCCCC(=O)NC(COC1OC(CO)C(O)C(O)C1O)C(O)CCCCCCCCCC. The van der Waals surface area contributed by atoms with Crippen molar-refractivity contribution in [1.29, 1.82) is 0 Å². The number of aliphatic hydroxyl groups excluding tert-OH is 5. The number of carbonyl (C=O) groups excluding carboxylic acids is 1. The fraction of sp³-hybridized carbons (Fsp3) is 0.971. The summed E-state index contributed by atoms with van der Waals surface area (Å²) >= 11 is 0. The molecule has 0 aromatic carbocycles. The van der Waals surface area contributed by atoms with E-state index in [2.05, 4.69) is 19.2 Å². The lowest BCUT2D eigenvalue weighted by Gasteiger charge is -2.40. The van der Waals surface area contributed by atoms with E-state index < -0.39 is 49.5 Å². The maximum absolute atomic E-state index is 12.8. The Kier molecular flexibility index (Phi) is 24.7. The van der Waals surface area contributed by atoms with E-state index >= 15 is 0 Å². The van der Waals surface area contributed by atoms with Gasteiger partial charge in [0.15, 0.2) is 6.29 Å². The van der Waals surface area contributed by atoms with E-state index in [0.717, 1.165) is 38.5 Å². The van der Waals surface area contributed by atoms with E-state index in [1.807, 2.05) is 0 Å². The molecule has 6 N–H and O–H groups in total. The van der Waals surface area contributed by atoms with Crippen molar-refractivity contribution in [2.75, 3.05) is 13.2 Å². The Hall–Kier alpha value is -0.810. The molecule has 1 aliphatic heterocycles. The molecule has 7 unspecified atom stereocenters. The van der Waals surface area contributed by atoms with Crippen LogP contribution in [0.15, 0.2) is 0 Å². The van der Waals surface area contributed by atoms with Gasteiger partial charge in [0.25, 0.3) is 0 Å². The summed E-state index contributed by atoms with van der Waals surface area (Å²) in [6.45, 7) is 3.76. The molecule has 256 valence electrons. The summed E-state index contributed by atoms with van der Waals surface area (Å²) in [5.41, 5.74) is 0. The zero-order valence-electron chi connectivity index (χ0n) is 27.5. The summed E-state index contributed by atoms with van der Waals surface area (Å²) in [7, 11) is 0. The number of unbranched alkanes of at least 4 members (excludes halogenated alkanes) is 18. The molecule has 9 heteroatoms. The Morgan fingerprint density at radius 2 is 1.16 bits per heavy atom. The van der Waals surface area contributed by atoms with Gasteiger partial charge in [0.1, 0.15) is 24.4 Å². The van der Waals surface area contributed by atoms with Crippen LogP contribution in [-0.2, 0) is 14.3 Å². The van der Waals surface area contributed by atoms with Gasteiger partial charge in [-0.05, 0) is 12.8 Å². The second-order valence-electron chi connectivity index (χ2n) is 12.7. The van der Waals surface area contributed by atoms with Crippen LogP contribution in [0.25, 0.3) is 0 Å². The zero-order valence-corrected chi connectivity index (χ0v) is 27.5. The minimum Gasteiger partial charge on any atom is -0.394 e. The van der Waals surface area contributed by atoms with Crippen LogP contribution in [0.3, 0.4) is 0 Å². The molecule has 0 saturated carbocycles. The van der Waals surface area contributed by atoms with Gasteiger partial charge in [0.2, 0.25) is 5.91 Å². The van der Waals surface area contributed by atoms with Gasteiger partial charge in [0.05, 0.1) is 25.4 Å². The fourth-order valence-corrected chi connectivity index (χ4v) is 5.75. The quantitative estimate of drug-likeness (QED) is 0.0651. The van der Waals surface area contributed by atoms with E-state index in [4.69, 9.17) is 9.47 Å². The minimum atomic E-state index is -1.54. The maximum Gasteiger partial charge on any atom is 0.220 e. The highest BCUT2D eigenvalue weighted by atomic mass is 16.7. The van der Waals surface area contributed by atoms with Crippen LogP contribution in [0.5, 0.6) is 0 Å². The number of nitrogens with one attached hydrogen (secondary N) is 1. The number of carbonyl (C=O) groups is 1. The highest BCUT2D eigenvalue weighted by Gasteiger charge is 2.44. The molecule has 7 atom stereocenters. The molecule has 1 heterocycles. The van der Waals surface area contributed by atoms with Gasteiger partial charge < -0.3 is 40.3 Å². The summed E-state index contributed by atoms with van der Waals surface area (Å²) in [5, 5.41) is 53.7. The molecule has 0 aromatic heterocycles. The Morgan fingerprint density at radius 3 is 1.65 bits per heavy atom. The molecule has 1 fully saturated rings. The van der Waals surface area contributed by atoms with Crippen LogP contribution in [0, 0.1) is 0 Å². The lowest BCUT2D eigenvalue weighted by atomic mass is 9.99. The lowest BCUT2D eigenvalue weighted by Crippen LogP contribution is -2.60. The molecule has 0 spiro atoms. The van der Waals surface area contributed by atoms with E-state index in [0.29, 0.717) is 12.8 Å². The highest BCUT2D eigenvalue weighted by molar-refractivity contribution is 5.76. The molecule has 0 aliphatic carbocycles. The van der Waals surface area contributed by atoms with Gasteiger partial charge >= 0.3 is 0 Å². The van der Waals surface area contributed by atoms with E-state index in [1.54, 1.807) is 0 Å². The second-order valence-corrected chi connectivity index (χ2v) is 12.7. The molecule has 1 aliphatic rings. The smallest absolute Gasteiger partial charge is 0.220 e. The summed E-state index contributed by atoms with van der Waals surface area (Å²) in [6.07, 6.45) is 16.9. The number of hydrogen-bond donors (Lipinski definition) is 6. The number of amides is 1. The van der Waals surface area contributed by atoms with Crippen LogP contribution in [-0.4, -0.2) is 87.5 Å². The topological polar surface area (TPSA) is 149 Å². The standard InChI is InChI=1S/C34H67NO8/c1-3-5-7-9-11-13-14-15-16-18-20-22-24-30(38)35-27(28(37)23-21-19-17-12-10-8-6-4-2)26-42-34-33(41)32(40)31(39)29(25-36)43-34/h27-29,31-34,36-37,39-41H,3-26H2,1-2H3,(H,35,38). The molecular formula is C34H67NO8. The van der Waals surface area contributed by atoms with Gasteiger partial charge in [-0.1, -0.05) is 136 Å². The van der Waals surface area contributed by atoms with Crippen LogP contribution in [0.4, 0.5) is 0 Å². The number of ether oxygens (including phenoxy) is 2. The Balaban J connectivity index is 2.44. The third-order valence-corrected chi connectivity index (χ3v) is 8.71. The molecule has 1 saturated heterocycles. The normalized spacial score (nSPS) is 23.7.